The number of benzene rings is 2. The zero-order valence-corrected chi connectivity index (χ0v) is 12.8. The van der Waals surface area contributed by atoms with Crippen molar-refractivity contribution in [2.75, 3.05) is 18.0 Å². The van der Waals surface area contributed by atoms with Gasteiger partial charge in [0.05, 0.1) is 6.54 Å². The fourth-order valence-corrected chi connectivity index (χ4v) is 2.74. The Labute approximate surface area is 135 Å². The van der Waals surface area contributed by atoms with E-state index in [9.17, 15) is 15.0 Å². The van der Waals surface area contributed by atoms with Crippen molar-refractivity contribution in [2.24, 2.45) is 0 Å². The lowest BCUT2D eigenvalue weighted by Crippen LogP contribution is -2.34. The van der Waals surface area contributed by atoms with Crippen LogP contribution in [0.5, 0.6) is 11.5 Å². The summed E-state index contributed by atoms with van der Waals surface area (Å²) < 4.78 is 0. The first-order chi connectivity index (χ1) is 10.1. The van der Waals surface area contributed by atoms with Crippen molar-refractivity contribution < 1.29 is 15.0 Å². The molecule has 1 aliphatic rings. The molecule has 0 spiro atoms. The Bertz CT molecular complexity index is 687. The number of phenols is 2. The highest BCUT2D eigenvalue weighted by atomic mass is 35.5. The molecule has 3 rings (SSSR count). The normalized spacial score (nSPS) is 13.2. The molecule has 1 heterocycles. The number of rotatable bonds is 3. The van der Waals surface area contributed by atoms with E-state index < -0.39 is 0 Å². The summed E-state index contributed by atoms with van der Waals surface area (Å²) in [5.41, 5.74) is 2.79. The number of hydrogen-bond donors (Lipinski definition) is 2. The minimum atomic E-state index is -0.264. The van der Waals surface area contributed by atoms with Crippen molar-refractivity contribution in [2.45, 2.75) is 12.8 Å². The van der Waals surface area contributed by atoms with E-state index in [1.54, 1.807) is 0 Å². The van der Waals surface area contributed by atoms with Gasteiger partial charge in [-0.25, -0.2) is 0 Å². The predicted octanol–water partition coefficient (Wildman–Crippen LogP) is 3.16. The van der Waals surface area contributed by atoms with Crippen molar-refractivity contribution in [3.63, 3.8) is 0 Å². The minimum absolute atomic E-state index is 0. The van der Waals surface area contributed by atoms with Crippen LogP contribution in [-0.4, -0.2) is 29.1 Å². The number of carbonyl (C=O) groups is 1. The van der Waals surface area contributed by atoms with Crippen LogP contribution in [0.3, 0.4) is 0 Å². The molecular weight excluding hydrogens is 302 g/mol. The summed E-state index contributed by atoms with van der Waals surface area (Å²) >= 11 is 0. The Kier molecular flexibility index (Phi) is 4.93. The number of halogens is 1. The van der Waals surface area contributed by atoms with E-state index in [1.807, 2.05) is 18.2 Å². The second-order valence-corrected chi connectivity index (χ2v) is 5.28. The van der Waals surface area contributed by atoms with Gasteiger partial charge >= 0.3 is 0 Å². The number of nitrogens with zero attached hydrogens (tertiary/aromatic N) is 1. The summed E-state index contributed by atoms with van der Waals surface area (Å²) in [5.74, 6) is -0.545. The summed E-state index contributed by atoms with van der Waals surface area (Å²) in [6, 6.07) is 12.3. The first kappa shape index (κ1) is 16.2. The van der Waals surface area contributed by atoms with E-state index in [4.69, 9.17) is 0 Å². The summed E-state index contributed by atoms with van der Waals surface area (Å²) in [4.78, 5) is 14.4. The molecular formula is C17H18ClNO3. The van der Waals surface area contributed by atoms with E-state index in [0.29, 0.717) is 5.56 Å². The molecule has 0 saturated carbocycles. The SMILES string of the molecule is Cl.O=C(CN1CCCc2ccccc21)c1ccc(O)c(O)c1. The average Bonchev–Trinajstić information content (AvgIpc) is 2.50. The Morgan fingerprint density at radius 3 is 2.64 bits per heavy atom. The maximum absolute atomic E-state index is 12.4. The zero-order chi connectivity index (χ0) is 14.8. The quantitative estimate of drug-likeness (QED) is 0.674. The molecule has 0 aliphatic carbocycles. The lowest BCUT2D eigenvalue weighted by molar-refractivity contribution is 0.0998. The number of aromatic hydroxyl groups is 2. The van der Waals surface area contributed by atoms with Gasteiger partial charge in [0.25, 0.3) is 0 Å². The van der Waals surface area contributed by atoms with E-state index >= 15 is 0 Å². The lowest BCUT2D eigenvalue weighted by atomic mass is 10.0. The molecule has 2 N–H and O–H groups in total. The number of ketones is 1. The number of fused-ring (bicyclic) bond motifs is 1. The molecule has 5 heteroatoms. The molecule has 116 valence electrons. The summed E-state index contributed by atoms with van der Waals surface area (Å²) in [5, 5.41) is 18.8. The number of anilines is 1. The van der Waals surface area contributed by atoms with Crippen LogP contribution >= 0.6 is 12.4 Å². The molecule has 1 aliphatic heterocycles. The van der Waals surface area contributed by atoms with E-state index in [-0.39, 0.29) is 36.2 Å². The highest BCUT2D eigenvalue weighted by Crippen LogP contribution is 2.28. The molecule has 0 radical (unpaired) electrons. The average molecular weight is 320 g/mol. The minimum Gasteiger partial charge on any atom is -0.504 e. The van der Waals surface area contributed by atoms with E-state index in [0.717, 1.165) is 25.1 Å². The van der Waals surface area contributed by atoms with Crippen molar-refractivity contribution in [1.82, 2.24) is 0 Å². The maximum Gasteiger partial charge on any atom is 0.182 e. The van der Waals surface area contributed by atoms with Crippen LogP contribution in [0.4, 0.5) is 5.69 Å². The van der Waals surface area contributed by atoms with E-state index in [1.165, 1.54) is 23.8 Å². The molecule has 0 fully saturated rings. The number of hydrogen-bond acceptors (Lipinski definition) is 4. The number of para-hydroxylation sites is 1. The molecule has 0 aromatic heterocycles. The van der Waals surface area contributed by atoms with Gasteiger partial charge in [0.1, 0.15) is 0 Å². The van der Waals surface area contributed by atoms with Gasteiger partial charge in [0.2, 0.25) is 0 Å². The first-order valence-corrected chi connectivity index (χ1v) is 7.03. The Morgan fingerprint density at radius 2 is 1.86 bits per heavy atom. The van der Waals surface area contributed by atoms with Crippen LogP contribution < -0.4 is 4.90 Å². The molecule has 22 heavy (non-hydrogen) atoms. The number of Topliss-reactive ketones (excluding diaryl/α,β-unsaturated/α-hetero) is 1. The van der Waals surface area contributed by atoms with Gasteiger partial charge < -0.3 is 15.1 Å². The fourth-order valence-electron chi connectivity index (χ4n) is 2.74. The van der Waals surface area contributed by atoms with Crippen LogP contribution in [0, 0.1) is 0 Å². The van der Waals surface area contributed by atoms with Crippen molar-refractivity contribution in [3.8, 4) is 11.5 Å². The zero-order valence-electron chi connectivity index (χ0n) is 12.0. The third-order valence-electron chi connectivity index (χ3n) is 3.84. The molecule has 0 saturated heterocycles. The topological polar surface area (TPSA) is 60.8 Å². The van der Waals surface area contributed by atoms with Crippen molar-refractivity contribution in [3.05, 3.63) is 53.6 Å². The molecule has 4 nitrogen and oxygen atoms in total. The Balaban J connectivity index is 0.00000176. The standard InChI is InChI=1S/C17H17NO3.ClH/c19-15-8-7-13(10-16(15)20)17(21)11-18-9-3-5-12-4-1-2-6-14(12)18;/h1-2,4,6-8,10,19-20H,3,5,9,11H2;1H. The van der Waals surface area contributed by atoms with Crippen LogP contribution in [0.15, 0.2) is 42.5 Å². The van der Waals surface area contributed by atoms with Gasteiger partial charge in [-0.2, -0.15) is 0 Å². The van der Waals surface area contributed by atoms with Gasteiger partial charge in [-0.1, -0.05) is 18.2 Å². The van der Waals surface area contributed by atoms with E-state index in [2.05, 4.69) is 11.0 Å². The number of phenolic OH excluding ortho intramolecular Hbond substituents is 2. The molecule has 2 aromatic rings. The lowest BCUT2D eigenvalue weighted by Gasteiger charge is -2.30. The van der Waals surface area contributed by atoms with Crippen molar-refractivity contribution >= 4 is 23.9 Å². The van der Waals surface area contributed by atoms with Crippen LogP contribution in [0.1, 0.15) is 22.3 Å². The fraction of sp³-hybridized carbons (Fsp3) is 0.235. The summed E-state index contributed by atoms with van der Waals surface area (Å²) in [6.07, 6.45) is 2.08. The van der Waals surface area contributed by atoms with Gasteiger partial charge in [-0.05, 0) is 42.7 Å². The van der Waals surface area contributed by atoms with Crippen molar-refractivity contribution in [1.29, 1.82) is 0 Å². The third-order valence-corrected chi connectivity index (χ3v) is 3.84. The second-order valence-electron chi connectivity index (χ2n) is 5.28. The second kappa shape index (κ2) is 6.71. The summed E-state index contributed by atoms with van der Waals surface area (Å²) in [7, 11) is 0. The number of aryl methyl sites for hydroxylation is 1. The predicted molar refractivity (Wildman–Crippen MR) is 88.3 cm³/mol. The van der Waals surface area contributed by atoms with Crippen LogP contribution in [0.2, 0.25) is 0 Å². The van der Waals surface area contributed by atoms with Gasteiger partial charge in [-0.3, -0.25) is 4.79 Å². The van der Waals surface area contributed by atoms with Gasteiger partial charge in [0, 0.05) is 17.8 Å². The highest BCUT2D eigenvalue weighted by Gasteiger charge is 2.19. The third kappa shape index (κ3) is 3.17. The smallest absolute Gasteiger partial charge is 0.182 e. The van der Waals surface area contributed by atoms with Crippen LogP contribution in [0.25, 0.3) is 0 Å². The molecule has 0 atom stereocenters. The molecule has 0 amide bonds. The highest BCUT2D eigenvalue weighted by molar-refractivity contribution is 5.99. The Morgan fingerprint density at radius 1 is 1.09 bits per heavy atom. The Hall–Kier alpha value is -2.20. The monoisotopic (exact) mass is 319 g/mol. The molecule has 0 unspecified atom stereocenters. The summed E-state index contributed by atoms with van der Waals surface area (Å²) in [6.45, 7) is 1.13. The molecule has 2 aromatic carbocycles. The van der Waals surface area contributed by atoms with Gasteiger partial charge in [0.15, 0.2) is 17.3 Å². The van der Waals surface area contributed by atoms with Crippen LogP contribution in [-0.2, 0) is 6.42 Å². The largest absolute Gasteiger partial charge is 0.504 e. The first-order valence-electron chi connectivity index (χ1n) is 7.03. The maximum atomic E-state index is 12.4. The van der Waals surface area contributed by atoms with Gasteiger partial charge in [-0.15, -0.1) is 12.4 Å². The number of carbonyl (C=O) groups excluding carboxylic acids is 1. The molecule has 0 bridgehead atoms.